The Bertz CT molecular complexity index is 777. The van der Waals surface area contributed by atoms with Gasteiger partial charge in [0.25, 0.3) is 0 Å². The first kappa shape index (κ1) is 21.2. The molecular formula is C24H32N2O3. The number of likely N-dealkylation sites (tertiary alicyclic amines) is 1. The molecule has 5 nitrogen and oxygen atoms in total. The van der Waals surface area contributed by atoms with Crippen molar-refractivity contribution >= 4 is 12.0 Å². The number of hydrogen-bond acceptors (Lipinski definition) is 3. The number of hydrogen-bond donors (Lipinski definition) is 0. The zero-order valence-corrected chi connectivity index (χ0v) is 17.8. The summed E-state index contributed by atoms with van der Waals surface area (Å²) in [5, 5.41) is 0. The largest absolute Gasteiger partial charge is 0.444 e. The highest BCUT2D eigenvalue weighted by Crippen LogP contribution is 2.24. The zero-order valence-electron chi connectivity index (χ0n) is 17.8. The summed E-state index contributed by atoms with van der Waals surface area (Å²) < 4.78 is 5.58. The van der Waals surface area contributed by atoms with E-state index in [1.54, 1.807) is 4.90 Å². The molecule has 2 aliphatic rings. The van der Waals surface area contributed by atoms with E-state index in [-0.39, 0.29) is 18.0 Å². The van der Waals surface area contributed by atoms with Gasteiger partial charge in [-0.15, -0.1) is 0 Å². The van der Waals surface area contributed by atoms with Crippen LogP contribution >= 0.6 is 0 Å². The van der Waals surface area contributed by atoms with E-state index >= 15 is 0 Å². The van der Waals surface area contributed by atoms with Crippen molar-refractivity contribution in [1.82, 2.24) is 9.80 Å². The minimum atomic E-state index is -0.493. The monoisotopic (exact) mass is 396 g/mol. The van der Waals surface area contributed by atoms with E-state index in [4.69, 9.17) is 4.74 Å². The van der Waals surface area contributed by atoms with Crippen molar-refractivity contribution < 1.29 is 14.3 Å². The van der Waals surface area contributed by atoms with Crippen LogP contribution in [-0.2, 0) is 16.1 Å². The summed E-state index contributed by atoms with van der Waals surface area (Å²) in [5.74, 6) is 0.152. The molecule has 2 amide bonds. The van der Waals surface area contributed by atoms with Crippen molar-refractivity contribution in [3.63, 3.8) is 0 Å². The molecule has 0 bridgehead atoms. The zero-order chi connectivity index (χ0) is 20.9. The molecule has 3 rings (SSSR count). The molecule has 1 aromatic rings. The van der Waals surface area contributed by atoms with Gasteiger partial charge in [-0.2, -0.15) is 0 Å². The lowest BCUT2D eigenvalue weighted by atomic mass is 9.99. The van der Waals surface area contributed by atoms with Gasteiger partial charge in [0.2, 0.25) is 5.91 Å². The molecule has 1 saturated heterocycles. The summed E-state index contributed by atoms with van der Waals surface area (Å²) in [5.41, 5.74) is 1.74. The van der Waals surface area contributed by atoms with Crippen LogP contribution in [0.3, 0.4) is 0 Å². The molecule has 1 aromatic carbocycles. The highest BCUT2D eigenvalue weighted by molar-refractivity contribution is 5.79. The number of allylic oxidation sites excluding steroid dienone is 2. The lowest BCUT2D eigenvalue weighted by Gasteiger charge is -2.35. The lowest BCUT2D eigenvalue weighted by molar-refractivity contribution is -0.129. The Morgan fingerprint density at radius 3 is 2.66 bits per heavy atom. The Balaban J connectivity index is 1.68. The van der Waals surface area contributed by atoms with Gasteiger partial charge < -0.3 is 14.5 Å². The van der Waals surface area contributed by atoms with E-state index in [0.717, 1.165) is 43.4 Å². The topological polar surface area (TPSA) is 49.9 Å². The first-order valence-electron chi connectivity index (χ1n) is 10.5. The fourth-order valence-corrected chi connectivity index (χ4v) is 3.71. The van der Waals surface area contributed by atoms with E-state index in [1.807, 2.05) is 62.2 Å². The summed E-state index contributed by atoms with van der Waals surface area (Å²) in [6, 6.07) is 10.1. The third-order valence-corrected chi connectivity index (χ3v) is 5.17. The molecule has 0 aliphatic carbocycles. The van der Waals surface area contributed by atoms with Crippen LogP contribution in [0.1, 0.15) is 58.4 Å². The van der Waals surface area contributed by atoms with Gasteiger partial charge in [0, 0.05) is 19.2 Å². The predicted molar refractivity (Wildman–Crippen MR) is 114 cm³/mol. The van der Waals surface area contributed by atoms with Gasteiger partial charge in [-0.05, 0) is 57.6 Å². The Morgan fingerprint density at radius 2 is 1.93 bits per heavy atom. The highest BCUT2D eigenvalue weighted by Gasteiger charge is 2.29. The van der Waals surface area contributed by atoms with Crippen molar-refractivity contribution in [3.05, 3.63) is 59.8 Å². The number of carbonyl (C=O) groups is 2. The number of benzene rings is 1. The lowest BCUT2D eigenvalue weighted by Crippen LogP contribution is -2.45. The van der Waals surface area contributed by atoms with Gasteiger partial charge >= 0.3 is 6.09 Å². The second-order valence-electron chi connectivity index (χ2n) is 8.81. The molecule has 1 atom stereocenters. The van der Waals surface area contributed by atoms with E-state index in [1.165, 1.54) is 0 Å². The van der Waals surface area contributed by atoms with Crippen LogP contribution in [0.15, 0.2) is 54.3 Å². The first-order valence-corrected chi connectivity index (χ1v) is 10.5. The van der Waals surface area contributed by atoms with Gasteiger partial charge in [-0.1, -0.05) is 42.5 Å². The molecule has 29 heavy (non-hydrogen) atoms. The molecule has 5 heteroatoms. The second-order valence-corrected chi connectivity index (χ2v) is 8.81. The first-order chi connectivity index (χ1) is 13.8. The summed E-state index contributed by atoms with van der Waals surface area (Å²) >= 11 is 0. The average molecular weight is 397 g/mol. The number of nitrogens with zero attached hydrogens (tertiary/aromatic N) is 2. The minimum absolute atomic E-state index is 0.0414. The van der Waals surface area contributed by atoms with Crippen LogP contribution < -0.4 is 0 Å². The maximum Gasteiger partial charge on any atom is 0.410 e. The van der Waals surface area contributed by atoms with Gasteiger partial charge in [0.15, 0.2) is 0 Å². The number of carbonyl (C=O) groups excluding carboxylic acids is 2. The fourth-order valence-electron chi connectivity index (χ4n) is 3.71. The molecule has 0 spiro atoms. The molecule has 0 saturated carbocycles. The molecule has 2 aliphatic heterocycles. The fraction of sp³-hybridized carbons (Fsp3) is 0.500. The summed E-state index contributed by atoms with van der Waals surface area (Å²) in [4.78, 5) is 28.5. The van der Waals surface area contributed by atoms with E-state index in [2.05, 4.69) is 12.2 Å². The molecule has 0 radical (unpaired) electrons. The van der Waals surface area contributed by atoms with Gasteiger partial charge in [-0.25, -0.2) is 4.79 Å². The molecule has 0 N–H and O–H groups in total. The third kappa shape index (κ3) is 6.21. The Morgan fingerprint density at radius 1 is 1.17 bits per heavy atom. The number of rotatable bonds is 4. The Labute approximate surface area is 174 Å². The van der Waals surface area contributed by atoms with Gasteiger partial charge in [0.05, 0.1) is 12.6 Å². The smallest absolute Gasteiger partial charge is 0.410 e. The van der Waals surface area contributed by atoms with Crippen LogP contribution in [0.4, 0.5) is 4.79 Å². The molecule has 1 unspecified atom stereocenters. The van der Waals surface area contributed by atoms with Gasteiger partial charge in [0.1, 0.15) is 5.60 Å². The van der Waals surface area contributed by atoms with Gasteiger partial charge in [-0.3, -0.25) is 4.79 Å². The summed E-state index contributed by atoms with van der Waals surface area (Å²) in [6.45, 7) is 6.99. The third-order valence-electron chi connectivity index (χ3n) is 5.17. The quantitative estimate of drug-likeness (QED) is 0.716. The predicted octanol–water partition coefficient (Wildman–Crippen LogP) is 5.04. The van der Waals surface area contributed by atoms with Crippen molar-refractivity contribution in [2.45, 2.75) is 71.1 Å². The van der Waals surface area contributed by atoms with E-state index in [0.29, 0.717) is 13.0 Å². The number of piperidine rings is 1. The molecule has 2 heterocycles. The van der Waals surface area contributed by atoms with E-state index in [9.17, 15) is 9.59 Å². The van der Waals surface area contributed by atoms with Crippen molar-refractivity contribution in [2.75, 3.05) is 6.54 Å². The van der Waals surface area contributed by atoms with Crippen LogP contribution in [0.2, 0.25) is 0 Å². The average Bonchev–Trinajstić information content (AvgIpc) is 2.68. The number of amides is 2. The minimum Gasteiger partial charge on any atom is -0.444 e. The SMILES string of the molecule is CC(C)(C)OC(=O)N1CCCCC1/C=C/C1=CN(Cc2ccccc2)C(=O)CC1. The Hall–Kier alpha value is -2.56. The molecule has 0 aromatic heterocycles. The number of ether oxygens (including phenoxy) is 1. The standard InChI is InChI=1S/C24H32N2O3/c1-24(2,3)29-23(28)26-16-8-7-11-21(26)14-12-20-13-15-22(27)25(18-20)17-19-9-5-4-6-10-19/h4-6,9-10,12,14,18,21H,7-8,11,13,15-17H2,1-3H3/b14-12+. The van der Waals surface area contributed by atoms with Crippen LogP contribution in [0.25, 0.3) is 0 Å². The second kappa shape index (κ2) is 9.29. The maximum absolute atomic E-state index is 12.6. The highest BCUT2D eigenvalue weighted by atomic mass is 16.6. The van der Waals surface area contributed by atoms with E-state index < -0.39 is 5.60 Å². The molecule has 156 valence electrons. The summed E-state index contributed by atoms with van der Waals surface area (Å²) in [7, 11) is 0. The molecule has 1 fully saturated rings. The maximum atomic E-state index is 12.6. The Kier molecular flexibility index (Phi) is 6.78. The normalized spacial score (nSPS) is 20.7. The van der Waals surface area contributed by atoms with Crippen molar-refractivity contribution in [2.24, 2.45) is 0 Å². The van der Waals surface area contributed by atoms with Crippen molar-refractivity contribution in [1.29, 1.82) is 0 Å². The van der Waals surface area contributed by atoms with Crippen LogP contribution in [-0.4, -0.2) is 40.0 Å². The van der Waals surface area contributed by atoms with Crippen LogP contribution in [0.5, 0.6) is 0 Å². The van der Waals surface area contributed by atoms with Crippen molar-refractivity contribution in [3.8, 4) is 0 Å². The van der Waals surface area contributed by atoms with Crippen LogP contribution in [0, 0.1) is 0 Å². The summed E-state index contributed by atoms with van der Waals surface area (Å²) in [6.07, 6.45) is 10.2. The molecular weight excluding hydrogens is 364 g/mol.